The largest absolute Gasteiger partial charge is 0.475 e. The monoisotopic (exact) mass is 138 g/mol. The van der Waals surface area contributed by atoms with E-state index in [4.69, 9.17) is 9.47 Å². The minimum atomic E-state index is -0.102. The van der Waals surface area contributed by atoms with Crippen molar-refractivity contribution in [3.05, 3.63) is 6.54 Å². The summed E-state index contributed by atoms with van der Waals surface area (Å²) >= 11 is 0. The second-order valence-electron chi connectivity index (χ2n) is 1.99. The van der Waals surface area contributed by atoms with Gasteiger partial charge in [-0.05, 0) is 0 Å². The lowest BCUT2D eigenvalue weighted by atomic mass is 10.4. The van der Waals surface area contributed by atoms with Crippen molar-refractivity contribution in [2.45, 2.75) is 6.10 Å². The summed E-state index contributed by atoms with van der Waals surface area (Å²) in [4.78, 5) is 7.73. The van der Waals surface area contributed by atoms with E-state index in [9.17, 15) is 0 Å². The van der Waals surface area contributed by atoms with Crippen molar-refractivity contribution in [3.8, 4) is 0 Å². The summed E-state index contributed by atoms with van der Waals surface area (Å²) in [6.07, 6.45) is 1.32. The van der Waals surface area contributed by atoms with Crippen LogP contribution in [0.5, 0.6) is 0 Å². The van der Waals surface area contributed by atoms with Crippen LogP contribution in [-0.4, -0.2) is 31.6 Å². The molecule has 2 heterocycles. The number of rotatable bonds is 1. The smallest absolute Gasteiger partial charge is 0.228 e. The number of nitrogens with zero attached hydrogens (tertiary/aromatic N) is 2. The summed E-state index contributed by atoms with van der Waals surface area (Å²) in [6, 6.07) is 0. The lowest BCUT2D eigenvalue weighted by Gasteiger charge is -2.06. The maximum atomic E-state index is 5.07. The van der Waals surface area contributed by atoms with Crippen LogP contribution in [0.3, 0.4) is 0 Å². The molecule has 0 fully saturated rings. The molecule has 0 saturated carbocycles. The third kappa shape index (κ3) is 0.853. The van der Waals surface area contributed by atoms with E-state index in [1.165, 1.54) is 6.40 Å². The number of hydrogen-bond donors (Lipinski definition) is 0. The van der Waals surface area contributed by atoms with Crippen molar-refractivity contribution in [1.29, 1.82) is 0 Å². The van der Waals surface area contributed by atoms with Crippen LogP contribution in [0.4, 0.5) is 0 Å². The average Bonchev–Trinajstić information content (AvgIpc) is 2.59. The summed E-state index contributed by atoms with van der Waals surface area (Å²) in [5, 5.41) is 0. The first kappa shape index (κ1) is 5.70. The Hall–Kier alpha value is -1.06. The molecule has 0 spiro atoms. The predicted molar refractivity (Wildman–Crippen MR) is 34.9 cm³/mol. The van der Waals surface area contributed by atoms with E-state index in [0.29, 0.717) is 19.0 Å². The molecule has 0 aromatic rings. The zero-order valence-electron chi connectivity index (χ0n) is 5.28. The molecule has 2 aliphatic rings. The molecule has 1 atom stereocenters. The highest BCUT2D eigenvalue weighted by Gasteiger charge is 2.24. The molecule has 52 valence electrons. The van der Waals surface area contributed by atoms with Gasteiger partial charge >= 0.3 is 0 Å². The SMILES string of the molecule is [C]1COC(C2CN=CO2)=N1. The zero-order chi connectivity index (χ0) is 6.81. The molecule has 0 aromatic heterocycles. The molecule has 2 aliphatic heterocycles. The molecular formula is C6H6N2O2. The van der Waals surface area contributed by atoms with Gasteiger partial charge in [-0.2, -0.15) is 0 Å². The van der Waals surface area contributed by atoms with Crippen LogP contribution < -0.4 is 0 Å². The van der Waals surface area contributed by atoms with Crippen molar-refractivity contribution < 1.29 is 9.47 Å². The summed E-state index contributed by atoms with van der Waals surface area (Å²) in [6.45, 7) is 3.73. The van der Waals surface area contributed by atoms with Gasteiger partial charge in [0.2, 0.25) is 5.90 Å². The van der Waals surface area contributed by atoms with Gasteiger partial charge in [-0.3, -0.25) is 4.99 Å². The fourth-order valence-corrected chi connectivity index (χ4v) is 0.848. The van der Waals surface area contributed by atoms with Gasteiger partial charge in [-0.25, -0.2) is 4.99 Å². The Morgan fingerprint density at radius 3 is 3.30 bits per heavy atom. The Kier molecular flexibility index (Phi) is 1.30. The molecule has 2 radical (unpaired) electrons. The van der Waals surface area contributed by atoms with E-state index >= 15 is 0 Å². The van der Waals surface area contributed by atoms with E-state index in [2.05, 4.69) is 16.5 Å². The highest BCUT2D eigenvalue weighted by molar-refractivity contribution is 5.84. The normalized spacial score (nSPS) is 29.6. The van der Waals surface area contributed by atoms with Crippen molar-refractivity contribution in [2.75, 3.05) is 13.2 Å². The third-order valence-electron chi connectivity index (χ3n) is 1.32. The Morgan fingerprint density at radius 1 is 1.70 bits per heavy atom. The van der Waals surface area contributed by atoms with Gasteiger partial charge in [-0.1, -0.05) is 0 Å². The maximum Gasteiger partial charge on any atom is 0.228 e. The van der Waals surface area contributed by atoms with Gasteiger partial charge in [0, 0.05) is 0 Å². The summed E-state index contributed by atoms with van der Waals surface area (Å²) in [7, 11) is 0. The van der Waals surface area contributed by atoms with Crippen LogP contribution in [0.2, 0.25) is 0 Å². The van der Waals surface area contributed by atoms with E-state index < -0.39 is 0 Å². The van der Waals surface area contributed by atoms with E-state index in [0.717, 1.165) is 0 Å². The van der Waals surface area contributed by atoms with Crippen LogP contribution in [0.1, 0.15) is 0 Å². The number of aliphatic imine (C=N–C) groups is 2. The van der Waals surface area contributed by atoms with Gasteiger partial charge in [0.15, 0.2) is 19.0 Å². The molecule has 2 rings (SSSR count). The van der Waals surface area contributed by atoms with Crippen molar-refractivity contribution >= 4 is 12.3 Å². The van der Waals surface area contributed by atoms with Gasteiger partial charge in [0.1, 0.15) is 6.61 Å². The summed E-state index contributed by atoms with van der Waals surface area (Å²) in [5.41, 5.74) is 0. The first-order valence-corrected chi connectivity index (χ1v) is 3.04. The van der Waals surface area contributed by atoms with Gasteiger partial charge in [0.05, 0.1) is 6.54 Å². The topological polar surface area (TPSA) is 43.2 Å². The second-order valence-corrected chi connectivity index (χ2v) is 1.99. The fourth-order valence-electron chi connectivity index (χ4n) is 0.848. The molecule has 4 heteroatoms. The fraction of sp³-hybridized carbons (Fsp3) is 0.500. The van der Waals surface area contributed by atoms with E-state index in [-0.39, 0.29) is 6.10 Å². The average molecular weight is 138 g/mol. The molecular weight excluding hydrogens is 132 g/mol. The van der Waals surface area contributed by atoms with Crippen LogP contribution in [0, 0.1) is 6.54 Å². The Labute approximate surface area is 58.6 Å². The van der Waals surface area contributed by atoms with Gasteiger partial charge in [0.25, 0.3) is 0 Å². The number of ether oxygens (including phenoxy) is 2. The van der Waals surface area contributed by atoms with Crippen LogP contribution >= 0.6 is 0 Å². The summed E-state index contributed by atoms with van der Waals surface area (Å²) < 4.78 is 10.1. The molecule has 4 nitrogen and oxygen atoms in total. The predicted octanol–water partition coefficient (Wildman–Crippen LogP) is -0.119. The first-order valence-electron chi connectivity index (χ1n) is 3.04. The van der Waals surface area contributed by atoms with Crippen LogP contribution in [-0.2, 0) is 9.47 Å². The molecule has 0 aliphatic carbocycles. The lowest BCUT2D eigenvalue weighted by molar-refractivity contribution is 0.246. The molecule has 0 saturated heterocycles. The molecule has 0 aromatic carbocycles. The van der Waals surface area contributed by atoms with Gasteiger partial charge < -0.3 is 9.47 Å². The molecule has 10 heavy (non-hydrogen) atoms. The van der Waals surface area contributed by atoms with E-state index in [1.807, 2.05) is 0 Å². The Balaban J connectivity index is 1.99. The van der Waals surface area contributed by atoms with Crippen LogP contribution in [0.15, 0.2) is 9.98 Å². The Bertz CT molecular complexity index is 180. The van der Waals surface area contributed by atoms with Gasteiger partial charge in [-0.15, -0.1) is 0 Å². The highest BCUT2D eigenvalue weighted by atomic mass is 16.5. The lowest BCUT2D eigenvalue weighted by Crippen LogP contribution is -2.23. The third-order valence-corrected chi connectivity index (χ3v) is 1.32. The summed E-state index contributed by atoms with van der Waals surface area (Å²) in [5.74, 6) is 0.595. The minimum absolute atomic E-state index is 0.102. The van der Waals surface area contributed by atoms with Crippen molar-refractivity contribution in [3.63, 3.8) is 0 Å². The molecule has 0 bridgehead atoms. The molecule has 0 amide bonds. The molecule has 1 unspecified atom stereocenters. The van der Waals surface area contributed by atoms with Crippen LogP contribution in [0.25, 0.3) is 0 Å². The quantitative estimate of drug-likeness (QED) is 0.507. The van der Waals surface area contributed by atoms with E-state index in [1.54, 1.807) is 0 Å². The van der Waals surface area contributed by atoms with Crippen molar-refractivity contribution in [2.24, 2.45) is 9.98 Å². The second kappa shape index (κ2) is 2.28. The standard InChI is InChI=1S/C6H6N2O2/c1-2-9-6(8-1)5-3-7-4-10-5/h4-5H,2-3H2. The first-order chi connectivity index (χ1) is 4.97. The van der Waals surface area contributed by atoms with Crippen molar-refractivity contribution in [1.82, 2.24) is 0 Å². The minimum Gasteiger partial charge on any atom is -0.475 e. The highest BCUT2D eigenvalue weighted by Crippen LogP contribution is 2.08. The Morgan fingerprint density at radius 2 is 2.70 bits per heavy atom. The number of hydrogen-bond acceptors (Lipinski definition) is 4. The molecule has 0 N–H and O–H groups in total. The zero-order valence-corrected chi connectivity index (χ0v) is 5.28. The maximum absolute atomic E-state index is 5.07.